The lowest BCUT2D eigenvalue weighted by Gasteiger charge is -2.28. The third-order valence-corrected chi connectivity index (χ3v) is 4.27. The Balaban J connectivity index is 4.88. The summed E-state index contributed by atoms with van der Waals surface area (Å²) in [5.74, 6) is 2.37. The Hall–Kier alpha value is -0.570. The molecule has 0 rings (SSSR count). The molecule has 0 aliphatic carbocycles. The van der Waals surface area contributed by atoms with Gasteiger partial charge in [0.1, 0.15) is 0 Å². The van der Waals surface area contributed by atoms with Gasteiger partial charge in [-0.05, 0) is 20.3 Å². The first-order valence-corrected chi connectivity index (χ1v) is 6.44. The van der Waals surface area contributed by atoms with Crippen LogP contribution in [0.3, 0.4) is 0 Å². The summed E-state index contributed by atoms with van der Waals surface area (Å²) in [6.07, 6.45) is 5.91. The van der Waals surface area contributed by atoms with Crippen molar-refractivity contribution >= 4 is 10.2 Å². The third-order valence-electron chi connectivity index (χ3n) is 2.16. The van der Waals surface area contributed by atoms with Gasteiger partial charge in [-0.1, -0.05) is 12.8 Å². The maximum absolute atomic E-state index is 12.0. The molecule has 0 unspecified atom stereocenters. The van der Waals surface area contributed by atoms with Crippen LogP contribution in [0.4, 0.5) is 0 Å². The van der Waals surface area contributed by atoms with Crippen molar-refractivity contribution < 1.29 is 8.42 Å². The van der Waals surface area contributed by atoms with Crippen LogP contribution in [-0.2, 0) is 10.2 Å². The van der Waals surface area contributed by atoms with E-state index < -0.39 is 10.2 Å². The molecule has 88 valence electrons. The van der Waals surface area contributed by atoms with Crippen molar-refractivity contribution in [3.8, 4) is 12.3 Å². The fourth-order valence-corrected chi connectivity index (χ4v) is 2.62. The van der Waals surface area contributed by atoms with Crippen LogP contribution in [0.15, 0.2) is 0 Å². The molecule has 0 aromatic carbocycles. The van der Waals surface area contributed by atoms with Crippen molar-refractivity contribution in [3.05, 3.63) is 0 Å². The second-order valence-corrected chi connectivity index (χ2v) is 5.64. The van der Waals surface area contributed by atoms with Crippen molar-refractivity contribution in [2.75, 3.05) is 20.1 Å². The fourth-order valence-electron chi connectivity index (χ4n) is 1.08. The fraction of sp³-hybridized carbons (Fsp3) is 0.800. The van der Waals surface area contributed by atoms with Crippen LogP contribution in [0.5, 0.6) is 0 Å². The topological polar surface area (TPSA) is 40.6 Å². The molecule has 0 aromatic heterocycles. The minimum absolute atomic E-state index is 0.0628. The Kier molecular flexibility index (Phi) is 5.88. The molecule has 0 saturated heterocycles. The molecule has 4 nitrogen and oxygen atoms in total. The van der Waals surface area contributed by atoms with Crippen LogP contribution in [0.2, 0.25) is 0 Å². The van der Waals surface area contributed by atoms with E-state index in [1.807, 2.05) is 20.8 Å². The molecule has 0 radical (unpaired) electrons. The molecule has 0 fully saturated rings. The molecule has 0 amide bonds. The van der Waals surface area contributed by atoms with E-state index in [9.17, 15) is 8.42 Å². The van der Waals surface area contributed by atoms with E-state index in [1.54, 1.807) is 7.05 Å². The van der Waals surface area contributed by atoms with E-state index >= 15 is 0 Å². The average molecular weight is 232 g/mol. The third kappa shape index (κ3) is 3.82. The maximum Gasteiger partial charge on any atom is 0.282 e. The van der Waals surface area contributed by atoms with E-state index in [1.165, 1.54) is 8.61 Å². The first kappa shape index (κ1) is 14.4. The molecule has 0 spiro atoms. The zero-order valence-electron chi connectivity index (χ0n) is 9.90. The maximum atomic E-state index is 12.0. The van der Waals surface area contributed by atoms with Crippen LogP contribution < -0.4 is 0 Å². The lowest BCUT2D eigenvalue weighted by atomic mass is 10.4. The summed E-state index contributed by atoms with van der Waals surface area (Å²) in [6, 6.07) is -0.0628. The van der Waals surface area contributed by atoms with Crippen LogP contribution in [0, 0.1) is 12.3 Å². The summed E-state index contributed by atoms with van der Waals surface area (Å²) in [6.45, 7) is 6.18. The first-order chi connectivity index (χ1) is 6.87. The number of rotatable bonds is 6. The number of hydrogen-bond donors (Lipinski definition) is 0. The largest absolute Gasteiger partial charge is 0.282 e. The second kappa shape index (κ2) is 6.11. The zero-order valence-corrected chi connectivity index (χ0v) is 10.7. The van der Waals surface area contributed by atoms with Crippen molar-refractivity contribution in [3.63, 3.8) is 0 Å². The van der Waals surface area contributed by atoms with E-state index in [4.69, 9.17) is 6.42 Å². The van der Waals surface area contributed by atoms with Crippen molar-refractivity contribution in [2.24, 2.45) is 0 Å². The van der Waals surface area contributed by atoms with Gasteiger partial charge in [0, 0.05) is 19.6 Å². The minimum Gasteiger partial charge on any atom is -0.195 e. The quantitative estimate of drug-likeness (QED) is 0.639. The molecule has 0 bridgehead atoms. The molecule has 15 heavy (non-hydrogen) atoms. The van der Waals surface area contributed by atoms with Gasteiger partial charge in [0.05, 0.1) is 6.54 Å². The molecule has 0 aliphatic heterocycles. The Labute approximate surface area is 93.4 Å². The van der Waals surface area contributed by atoms with E-state index in [2.05, 4.69) is 5.92 Å². The van der Waals surface area contributed by atoms with Gasteiger partial charge in [-0.25, -0.2) is 0 Å². The molecule has 5 heteroatoms. The van der Waals surface area contributed by atoms with Crippen molar-refractivity contribution in [1.82, 2.24) is 8.61 Å². The Morgan fingerprint density at radius 3 is 2.27 bits per heavy atom. The average Bonchev–Trinajstić information content (AvgIpc) is 2.16. The summed E-state index contributed by atoms with van der Waals surface area (Å²) < 4.78 is 26.7. The molecule has 0 saturated carbocycles. The number of nitrogens with zero attached hydrogens (tertiary/aromatic N) is 2. The Morgan fingerprint density at radius 1 is 1.40 bits per heavy atom. The highest BCUT2D eigenvalue weighted by molar-refractivity contribution is 7.86. The predicted octanol–water partition coefficient (Wildman–Crippen LogP) is 0.917. The van der Waals surface area contributed by atoms with E-state index in [0.717, 1.165) is 6.42 Å². The van der Waals surface area contributed by atoms with Crippen LogP contribution in [0.25, 0.3) is 0 Å². The Morgan fingerprint density at radius 2 is 1.93 bits per heavy atom. The highest BCUT2D eigenvalue weighted by Gasteiger charge is 2.27. The molecule has 0 aromatic rings. The van der Waals surface area contributed by atoms with Gasteiger partial charge < -0.3 is 0 Å². The lowest BCUT2D eigenvalue weighted by molar-refractivity contribution is 0.348. The molecule has 0 aliphatic rings. The zero-order chi connectivity index (χ0) is 12.1. The molecular formula is C10H20N2O2S. The summed E-state index contributed by atoms with van der Waals surface area (Å²) in [4.78, 5) is 0. The molecule has 0 heterocycles. The van der Waals surface area contributed by atoms with E-state index in [0.29, 0.717) is 6.54 Å². The number of terminal acetylenes is 1. The Bertz CT molecular complexity index is 317. The van der Waals surface area contributed by atoms with Crippen molar-refractivity contribution in [2.45, 2.75) is 33.2 Å². The monoisotopic (exact) mass is 232 g/mol. The van der Waals surface area contributed by atoms with Gasteiger partial charge in [0.15, 0.2) is 0 Å². The smallest absolute Gasteiger partial charge is 0.195 e. The predicted molar refractivity (Wildman–Crippen MR) is 62.5 cm³/mol. The van der Waals surface area contributed by atoms with Crippen LogP contribution in [0.1, 0.15) is 27.2 Å². The van der Waals surface area contributed by atoms with Gasteiger partial charge in [-0.15, -0.1) is 6.42 Å². The SMILES string of the molecule is C#CCN(CCC)S(=O)(=O)N(C)C(C)C. The normalized spacial score (nSPS) is 12.4. The van der Waals surface area contributed by atoms with Gasteiger partial charge in [0.25, 0.3) is 10.2 Å². The highest BCUT2D eigenvalue weighted by atomic mass is 32.2. The van der Waals surface area contributed by atoms with Gasteiger partial charge in [-0.2, -0.15) is 17.0 Å². The van der Waals surface area contributed by atoms with Crippen molar-refractivity contribution in [1.29, 1.82) is 0 Å². The van der Waals surface area contributed by atoms with Gasteiger partial charge >= 0.3 is 0 Å². The van der Waals surface area contributed by atoms with E-state index in [-0.39, 0.29) is 12.6 Å². The molecule has 0 N–H and O–H groups in total. The summed E-state index contributed by atoms with van der Waals surface area (Å²) in [5.41, 5.74) is 0. The summed E-state index contributed by atoms with van der Waals surface area (Å²) in [7, 11) is -1.83. The standard InChI is InChI=1S/C10H20N2O2S/c1-6-8-12(9-7-2)15(13,14)11(5)10(3)4/h1,10H,7-9H2,2-5H3. The van der Waals surface area contributed by atoms with Gasteiger partial charge in [0.2, 0.25) is 0 Å². The summed E-state index contributed by atoms with van der Waals surface area (Å²) >= 11 is 0. The lowest BCUT2D eigenvalue weighted by Crippen LogP contribution is -2.45. The van der Waals surface area contributed by atoms with Crippen LogP contribution in [-0.4, -0.2) is 43.2 Å². The van der Waals surface area contributed by atoms with Crippen LogP contribution >= 0.6 is 0 Å². The minimum atomic E-state index is -3.40. The second-order valence-electron chi connectivity index (χ2n) is 3.66. The molecular weight excluding hydrogens is 212 g/mol. The summed E-state index contributed by atoms with van der Waals surface area (Å²) in [5, 5.41) is 0. The molecule has 0 atom stereocenters. The number of hydrogen-bond acceptors (Lipinski definition) is 2. The first-order valence-electron chi connectivity index (χ1n) is 5.04. The highest BCUT2D eigenvalue weighted by Crippen LogP contribution is 2.09. The van der Waals surface area contributed by atoms with Gasteiger partial charge in [-0.3, -0.25) is 0 Å².